The zero-order valence-electron chi connectivity index (χ0n) is 10.1. The minimum atomic E-state index is -0.472. The third kappa shape index (κ3) is 2.59. The quantitative estimate of drug-likeness (QED) is 0.626. The molecule has 1 unspecified atom stereocenters. The second kappa shape index (κ2) is 5.20. The first-order valence-electron chi connectivity index (χ1n) is 5.97. The predicted octanol–water partition coefficient (Wildman–Crippen LogP) is 2.16. The van der Waals surface area contributed by atoms with Crippen molar-refractivity contribution in [3.05, 3.63) is 23.0 Å². The maximum atomic E-state index is 10.1. The number of fused-ring (bicyclic) bond motifs is 1. The van der Waals surface area contributed by atoms with Gasteiger partial charge in [-0.3, -0.25) is 4.98 Å². The maximum Gasteiger partial charge on any atom is 0.148 e. The Labute approximate surface area is 102 Å². The summed E-state index contributed by atoms with van der Waals surface area (Å²) in [4.78, 5) is 4.44. The molecule has 1 aromatic rings. The summed E-state index contributed by atoms with van der Waals surface area (Å²) < 4.78 is 5.55. The van der Waals surface area contributed by atoms with Crippen LogP contribution in [0.15, 0.2) is 6.07 Å². The molecule has 3 nitrogen and oxygen atoms in total. The lowest BCUT2D eigenvalue weighted by Crippen LogP contribution is -2.07. The molecule has 1 atom stereocenters. The Kier molecular flexibility index (Phi) is 3.65. The molecule has 1 N–H and O–H groups in total. The molecule has 1 heterocycles. The van der Waals surface area contributed by atoms with Gasteiger partial charge in [-0.05, 0) is 26.2 Å². The summed E-state index contributed by atoms with van der Waals surface area (Å²) in [6, 6.07) is 1.90. The number of hydrogen-bond acceptors (Lipinski definition) is 3. The Balaban J connectivity index is 2.42. The maximum absolute atomic E-state index is 10.1. The number of aliphatic hydroxyl groups excluding tert-OH is 1. The van der Waals surface area contributed by atoms with Crippen LogP contribution in [0, 0.1) is 19.3 Å². The van der Waals surface area contributed by atoms with Crippen molar-refractivity contribution < 1.29 is 9.84 Å². The average Bonchev–Trinajstić information content (AvgIpc) is 2.49. The zero-order chi connectivity index (χ0) is 12.3. The van der Waals surface area contributed by atoms with E-state index in [0.717, 1.165) is 48.4 Å². The SMILES string of the molecule is C#CCOc1cc(C)nc2c1CCCCC2O. The predicted molar refractivity (Wildman–Crippen MR) is 65.8 cm³/mol. The minimum absolute atomic E-state index is 0.256. The first kappa shape index (κ1) is 11.9. The molecule has 17 heavy (non-hydrogen) atoms. The lowest BCUT2D eigenvalue weighted by atomic mass is 10.1. The van der Waals surface area contributed by atoms with E-state index >= 15 is 0 Å². The van der Waals surface area contributed by atoms with Crippen molar-refractivity contribution >= 4 is 0 Å². The summed E-state index contributed by atoms with van der Waals surface area (Å²) in [6.45, 7) is 2.16. The minimum Gasteiger partial charge on any atom is -0.481 e. The van der Waals surface area contributed by atoms with E-state index < -0.39 is 6.10 Å². The van der Waals surface area contributed by atoms with E-state index in [2.05, 4.69) is 10.9 Å². The largest absolute Gasteiger partial charge is 0.481 e. The van der Waals surface area contributed by atoms with Crippen LogP contribution in [0.3, 0.4) is 0 Å². The number of aromatic nitrogens is 1. The lowest BCUT2D eigenvalue weighted by Gasteiger charge is -2.15. The van der Waals surface area contributed by atoms with E-state index in [-0.39, 0.29) is 6.61 Å². The molecule has 3 heteroatoms. The number of hydrogen-bond donors (Lipinski definition) is 1. The Bertz CT molecular complexity index is 448. The number of aryl methyl sites for hydroxylation is 1. The summed E-state index contributed by atoms with van der Waals surface area (Å²) in [6.07, 6.45) is 8.49. The van der Waals surface area contributed by atoms with Gasteiger partial charge >= 0.3 is 0 Å². The Morgan fingerprint density at radius 3 is 3.18 bits per heavy atom. The first-order valence-corrected chi connectivity index (χ1v) is 5.97. The van der Waals surface area contributed by atoms with Gasteiger partial charge in [0, 0.05) is 17.3 Å². The molecular weight excluding hydrogens is 214 g/mol. The second-order valence-corrected chi connectivity index (χ2v) is 4.38. The molecule has 1 aromatic heterocycles. The standard InChI is InChI=1S/C14H17NO2/c1-3-8-17-13-9-10(2)15-14-11(13)6-4-5-7-12(14)16/h1,9,12,16H,4-8H2,2H3. The summed E-state index contributed by atoms with van der Waals surface area (Å²) >= 11 is 0. The summed E-state index contributed by atoms with van der Waals surface area (Å²) in [5, 5.41) is 10.1. The van der Waals surface area contributed by atoms with Crippen molar-refractivity contribution in [1.29, 1.82) is 0 Å². The van der Waals surface area contributed by atoms with Crippen LogP contribution in [-0.2, 0) is 6.42 Å². The van der Waals surface area contributed by atoms with Crippen molar-refractivity contribution in [3.63, 3.8) is 0 Å². The Morgan fingerprint density at radius 1 is 1.59 bits per heavy atom. The van der Waals surface area contributed by atoms with Gasteiger partial charge in [-0.2, -0.15) is 0 Å². The molecule has 0 amide bonds. The highest BCUT2D eigenvalue weighted by atomic mass is 16.5. The number of rotatable bonds is 2. The third-order valence-corrected chi connectivity index (χ3v) is 3.02. The van der Waals surface area contributed by atoms with Gasteiger partial charge < -0.3 is 9.84 Å². The van der Waals surface area contributed by atoms with Crippen molar-refractivity contribution in [2.45, 2.75) is 38.7 Å². The average molecular weight is 231 g/mol. The van der Waals surface area contributed by atoms with Gasteiger partial charge in [-0.25, -0.2) is 0 Å². The molecule has 90 valence electrons. The van der Waals surface area contributed by atoms with Crippen LogP contribution in [0.4, 0.5) is 0 Å². The summed E-state index contributed by atoms with van der Waals surface area (Å²) in [5.41, 5.74) is 2.65. The van der Waals surface area contributed by atoms with Gasteiger partial charge in [0.2, 0.25) is 0 Å². The van der Waals surface area contributed by atoms with Crippen molar-refractivity contribution in [3.8, 4) is 18.1 Å². The molecule has 0 aliphatic heterocycles. The molecule has 0 saturated heterocycles. The number of aliphatic hydroxyl groups is 1. The highest BCUT2D eigenvalue weighted by Gasteiger charge is 2.21. The van der Waals surface area contributed by atoms with Crippen molar-refractivity contribution in [2.24, 2.45) is 0 Å². The van der Waals surface area contributed by atoms with Crippen LogP contribution in [0.25, 0.3) is 0 Å². The Morgan fingerprint density at radius 2 is 2.41 bits per heavy atom. The number of nitrogens with zero attached hydrogens (tertiary/aromatic N) is 1. The topological polar surface area (TPSA) is 42.4 Å². The zero-order valence-corrected chi connectivity index (χ0v) is 10.1. The fourth-order valence-corrected chi connectivity index (χ4v) is 2.24. The second-order valence-electron chi connectivity index (χ2n) is 4.38. The van der Waals surface area contributed by atoms with E-state index in [9.17, 15) is 5.11 Å². The van der Waals surface area contributed by atoms with Gasteiger partial charge in [0.15, 0.2) is 0 Å². The normalized spacial score (nSPS) is 19.0. The van der Waals surface area contributed by atoms with Crippen LogP contribution in [0.1, 0.15) is 42.3 Å². The van der Waals surface area contributed by atoms with E-state index in [4.69, 9.17) is 11.2 Å². The molecule has 0 saturated carbocycles. The number of ether oxygens (including phenoxy) is 1. The molecule has 2 rings (SSSR count). The van der Waals surface area contributed by atoms with Gasteiger partial charge in [0.25, 0.3) is 0 Å². The van der Waals surface area contributed by atoms with Crippen LogP contribution < -0.4 is 4.74 Å². The van der Waals surface area contributed by atoms with E-state index in [1.807, 2.05) is 13.0 Å². The lowest BCUT2D eigenvalue weighted by molar-refractivity contribution is 0.161. The first-order chi connectivity index (χ1) is 8.22. The molecule has 0 aromatic carbocycles. The molecule has 0 bridgehead atoms. The van der Waals surface area contributed by atoms with Crippen LogP contribution in [0.2, 0.25) is 0 Å². The molecular formula is C14H17NO2. The number of pyridine rings is 1. The van der Waals surface area contributed by atoms with E-state index in [1.165, 1.54) is 0 Å². The molecule has 0 fully saturated rings. The monoisotopic (exact) mass is 231 g/mol. The summed E-state index contributed by atoms with van der Waals surface area (Å²) in [7, 11) is 0. The van der Waals surface area contributed by atoms with Crippen molar-refractivity contribution in [1.82, 2.24) is 4.98 Å². The van der Waals surface area contributed by atoms with Gasteiger partial charge in [-0.1, -0.05) is 12.3 Å². The molecule has 0 spiro atoms. The van der Waals surface area contributed by atoms with Crippen LogP contribution in [-0.4, -0.2) is 16.7 Å². The fourth-order valence-electron chi connectivity index (χ4n) is 2.24. The van der Waals surface area contributed by atoms with E-state index in [1.54, 1.807) is 0 Å². The van der Waals surface area contributed by atoms with Gasteiger partial charge in [0.05, 0.1) is 11.8 Å². The molecule has 1 aliphatic rings. The molecule has 0 radical (unpaired) electrons. The van der Waals surface area contributed by atoms with Crippen LogP contribution in [0.5, 0.6) is 5.75 Å². The third-order valence-electron chi connectivity index (χ3n) is 3.02. The smallest absolute Gasteiger partial charge is 0.148 e. The van der Waals surface area contributed by atoms with E-state index in [0.29, 0.717) is 0 Å². The fraction of sp³-hybridized carbons (Fsp3) is 0.500. The number of terminal acetylenes is 1. The Hall–Kier alpha value is -1.53. The highest BCUT2D eigenvalue weighted by molar-refractivity contribution is 5.40. The van der Waals surface area contributed by atoms with Gasteiger partial charge in [-0.15, -0.1) is 6.42 Å². The van der Waals surface area contributed by atoms with Crippen LogP contribution >= 0.6 is 0 Å². The van der Waals surface area contributed by atoms with Crippen molar-refractivity contribution in [2.75, 3.05) is 6.61 Å². The molecule has 1 aliphatic carbocycles. The van der Waals surface area contributed by atoms with Gasteiger partial charge in [0.1, 0.15) is 12.4 Å². The summed E-state index contributed by atoms with van der Waals surface area (Å²) in [5.74, 6) is 3.25. The highest BCUT2D eigenvalue weighted by Crippen LogP contribution is 2.33.